The summed E-state index contributed by atoms with van der Waals surface area (Å²) >= 11 is 0. The summed E-state index contributed by atoms with van der Waals surface area (Å²) in [7, 11) is 0. The standard InChI is InChI=1S/C17H18N2O/c18-9-1-2-12-3-8-17-15(10-12)16(11-19-17)13-4-6-14(20)7-5-13/h3,8,10-11,13,19H,1-2,4-7H2. The van der Waals surface area contributed by atoms with Crippen molar-refractivity contribution in [2.45, 2.75) is 44.4 Å². The maximum atomic E-state index is 11.4. The molecule has 0 saturated heterocycles. The molecule has 3 nitrogen and oxygen atoms in total. The van der Waals surface area contributed by atoms with Crippen molar-refractivity contribution < 1.29 is 4.79 Å². The third-order valence-electron chi connectivity index (χ3n) is 4.29. The summed E-state index contributed by atoms with van der Waals surface area (Å²) in [6.07, 6.45) is 6.82. The molecular formula is C17H18N2O. The Morgan fingerprint density at radius 1 is 1.30 bits per heavy atom. The van der Waals surface area contributed by atoms with Gasteiger partial charge in [0.2, 0.25) is 0 Å². The zero-order valence-electron chi connectivity index (χ0n) is 11.5. The molecule has 0 aliphatic heterocycles. The molecule has 1 aliphatic rings. The molecule has 0 atom stereocenters. The first-order valence-corrected chi connectivity index (χ1v) is 7.26. The molecule has 20 heavy (non-hydrogen) atoms. The van der Waals surface area contributed by atoms with Crippen LogP contribution in [0.4, 0.5) is 0 Å². The van der Waals surface area contributed by atoms with Crippen LogP contribution in [0.15, 0.2) is 24.4 Å². The Bertz CT molecular complexity index is 668. The van der Waals surface area contributed by atoms with Crippen molar-refractivity contribution >= 4 is 16.7 Å². The number of hydrogen-bond donors (Lipinski definition) is 1. The molecule has 102 valence electrons. The lowest BCUT2D eigenvalue weighted by Gasteiger charge is -2.20. The zero-order chi connectivity index (χ0) is 13.9. The molecule has 1 saturated carbocycles. The Balaban J connectivity index is 1.91. The maximum absolute atomic E-state index is 11.4. The Morgan fingerprint density at radius 3 is 2.85 bits per heavy atom. The van der Waals surface area contributed by atoms with Gasteiger partial charge in [-0.05, 0) is 48.4 Å². The van der Waals surface area contributed by atoms with Gasteiger partial charge in [-0.15, -0.1) is 0 Å². The third kappa shape index (κ3) is 2.46. The van der Waals surface area contributed by atoms with Gasteiger partial charge in [-0.2, -0.15) is 5.26 Å². The number of hydrogen-bond acceptors (Lipinski definition) is 2. The first kappa shape index (κ1) is 12.9. The maximum Gasteiger partial charge on any atom is 0.132 e. The van der Waals surface area contributed by atoms with E-state index in [1.54, 1.807) is 0 Å². The van der Waals surface area contributed by atoms with Crippen molar-refractivity contribution in [3.05, 3.63) is 35.5 Å². The lowest BCUT2D eigenvalue weighted by molar-refractivity contribution is -0.120. The highest BCUT2D eigenvalue weighted by Crippen LogP contribution is 2.35. The van der Waals surface area contributed by atoms with Gasteiger partial charge in [0, 0.05) is 36.4 Å². The van der Waals surface area contributed by atoms with Gasteiger partial charge in [0.05, 0.1) is 6.07 Å². The van der Waals surface area contributed by atoms with E-state index in [9.17, 15) is 4.79 Å². The van der Waals surface area contributed by atoms with Gasteiger partial charge in [0.15, 0.2) is 0 Å². The SMILES string of the molecule is N#CCCc1ccc2[nH]cc(C3CCC(=O)CC3)c2c1. The minimum atomic E-state index is 0.399. The predicted molar refractivity (Wildman–Crippen MR) is 78.4 cm³/mol. The highest BCUT2D eigenvalue weighted by molar-refractivity contribution is 5.85. The minimum Gasteiger partial charge on any atom is -0.361 e. The number of nitriles is 1. The first-order valence-electron chi connectivity index (χ1n) is 7.26. The molecule has 1 aromatic carbocycles. The highest BCUT2D eigenvalue weighted by atomic mass is 16.1. The Labute approximate surface area is 118 Å². The number of H-pyrrole nitrogens is 1. The fourth-order valence-electron chi connectivity index (χ4n) is 3.13. The second-order valence-electron chi connectivity index (χ2n) is 5.60. The highest BCUT2D eigenvalue weighted by Gasteiger charge is 2.22. The van der Waals surface area contributed by atoms with Crippen molar-refractivity contribution in [2.24, 2.45) is 0 Å². The molecule has 0 radical (unpaired) electrons. The van der Waals surface area contributed by atoms with Crippen LogP contribution in [0.2, 0.25) is 0 Å². The Hall–Kier alpha value is -2.08. The second-order valence-corrected chi connectivity index (χ2v) is 5.60. The number of carbonyl (C=O) groups excluding carboxylic acids is 1. The number of benzene rings is 1. The Morgan fingerprint density at radius 2 is 2.10 bits per heavy atom. The molecule has 3 rings (SSSR count). The van der Waals surface area contributed by atoms with Crippen molar-refractivity contribution in [1.82, 2.24) is 4.98 Å². The summed E-state index contributed by atoms with van der Waals surface area (Å²) < 4.78 is 0. The van der Waals surface area contributed by atoms with Crippen LogP contribution >= 0.6 is 0 Å². The molecule has 0 amide bonds. The van der Waals surface area contributed by atoms with Crippen molar-refractivity contribution in [1.29, 1.82) is 5.26 Å². The van der Waals surface area contributed by atoms with Crippen molar-refractivity contribution in [3.63, 3.8) is 0 Å². The van der Waals surface area contributed by atoms with Crippen LogP contribution in [0.1, 0.15) is 49.1 Å². The molecule has 0 unspecified atom stereocenters. The fraction of sp³-hybridized carbons (Fsp3) is 0.412. The predicted octanol–water partition coefficient (Wildman–Crippen LogP) is 3.85. The van der Waals surface area contributed by atoms with E-state index in [2.05, 4.69) is 35.4 Å². The molecule has 1 N–H and O–H groups in total. The van der Waals surface area contributed by atoms with E-state index in [1.165, 1.54) is 16.5 Å². The summed E-state index contributed by atoms with van der Waals surface area (Å²) in [5, 5.41) is 9.96. The van der Waals surface area contributed by atoms with Crippen LogP contribution in [-0.4, -0.2) is 10.8 Å². The normalized spacial score (nSPS) is 16.4. The number of Topliss-reactive ketones (excluding diaryl/α,β-unsaturated/α-hetero) is 1. The van der Waals surface area contributed by atoms with E-state index >= 15 is 0 Å². The average Bonchev–Trinajstić information content (AvgIpc) is 2.89. The number of ketones is 1. The lowest BCUT2D eigenvalue weighted by atomic mass is 9.83. The number of nitrogens with one attached hydrogen (secondary N) is 1. The van der Waals surface area contributed by atoms with Gasteiger partial charge in [0.1, 0.15) is 5.78 Å². The number of fused-ring (bicyclic) bond motifs is 1. The van der Waals surface area contributed by atoms with Gasteiger partial charge >= 0.3 is 0 Å². The van der Waals surface area contributed by atoms with Crippen LogP contribution in [0.5, 0.6) is 0 Å². The van der Waals surface area contributed by atoms with Crippen molar-refractivity contribution in [3.8, 4) is 6.07 Å². The quantitative estimate of drug-likeness (QED) is 0.917. The molecule has 1 fully saturated rings. The van der Waals surface area contributed by atoms with Gasteiger partial charge in [-0.3, -0.25) is 4.79 Å². The molecule has 2 aromatic rings. The molecule has 3 heteroatoms. The van der Waals surface area contributed by atoms with E-state index in [1.807, 2.05) is 0 Å². The topological polar surface area (TPSA) is 56.6 Å². The summed E-state index contributed by atoms with van der Waals surface area (Å²) in [6.45, 7) is 0. The molecular weight excluding hydrogens is 248 g/mol. The number of carbonyl (C=O) groups is 1. The molecule has 1 aromatic heterocycles. The van der Waals surface area contributed by atoms with Crippen LogP contribution < -0.4 is 0 Å². The molecule has 1 aliphatic carbocycles. The smallest absolute Gasteiger partial charge is 0.132 e. The van der Waals surface area contributed by atoms with Crippen LogP contribution in [-0.2, 0) is 11.2 Å². The molecule has 0 bridgehead atoms. The summed E-state index contributed by atoms with van der Waals surface area (Å²) in [5.41, 5.74) is 3.70. The van der Waals surface area contributed by atoms with Gasteiger partial charge < -0.3 is 4.98 Å². The van der Waals surface area contributed by atoms with Crippen LogP contribution in [0.25, 0.3) is 10.9 Å². The first-order chi connectivity index (χ1) is 9.78. The van der Waals surface area contributed by atoms with Gasteiger partial charge in [-0.25, -0.2) is 0 Å². The van der Waals surface area contributed by atoms with E-state index in [4.69, 9.17) is 5.26 Å². The number of nitrogens with zero attached hydrogens (tertiary/aromatic N) is 1. The molecule has 1 heterocycles. The van der Waals surface area contributed by atoms with Crippen molar-refractivity contribution in [2.75, 3.05) is 0 Å². The Kier molecular flexibility index (Phi) is 3.56. The fourth-order valence-corrected chi connectivity index (χ4v) is 3.13. The number of aromatic amines is 1. The van der Waals surface area contributed by atoms with Gasteiger partial charge in [-0.1, -0.05) is 6.07 Å². The second kappa shape index (κ2) is 5.50. The zero-order valence-corrected chi connectivity index (χ0v) is 11.5. The minimum absolute atomic E-state index is 0.399. The summed E-state index contributed by atoms with van der Waals surface area (Å²) in [6, 6.07) is 8.58. The number of rotatable bonds is 3. The monoisotopic (exact) mass is 266 g/mol. The largest absolute Gasteiger partial charge is 0.361 e. The summed E-state index contributed by atoms with van der Waals surface area (Å²) in [4.78, 5) is 14.7. The van der Waals surface area contributed by atoms with E-state index < -0.39 is 0 Å². The van der Waals surface area contributed by atoms with E-state index in [0.29, 0.717) is 31.0 Å². The lowest BCUT2D eigenvalue weighted by Crippen LogP contribution is -2.12. The third-order valence-corrected chi connectivity index (χ3v) is 4.29. The average molecular weight is 266 g/mol. The molecule has 0 spiro atoms. The summed E-state index contributed by atoms with van der Waals surface area (Å²) in [5.74, 6) is 0.892. The van der Waals surface area contributed by atoms with E-state index in [-0.39, 0.29) is 0 Å². The van der Waals surface area contributed by atoms with Crippen LogP contribution in [0.3, 0.4) is 0 Å². The number of aryl methyl sites for hydroxylation is 1. The van der Waals surface area contributed by atoms with E-state index in [0.717, 1.165) is 24.8 Å². The van der Waals surface area contributed by atoms with Crippen LogP contribution in [0, 0.1) is 11.3 Å². The number of aromatic nitrogens is 1. The van der Waals surface area contributed by atoms with Gasteiger partial charge in [0.25, 0.3) is 0 Å².